The third kappa shape index (κ3) is 8.58. The lowest BCUT2D eigenvalue weighted by atomic mass is 10.0. The molecule has 5 nitrogen and oxygen atoms in total. The Morgan fingerprint density at radius 1 is 0.938 bits per heavy atom. The molecule has 0 saturated carbocycles. The Morgan fingerprint density at radius 3 is 1.91 bits per heavy atom. The lowest BCUT2D eigenvalue weighted by Gasteiger charge is -2.23. The Kier molecular flexibility index (Phi) is 10.2. The van der Waals surface area contributed by atoms with Crippen molar-refractivity contribution in [2.45, 2.75) is 45.8 Å². The molecule has 0 aromatic heterocycles. The molecule has 2 rings (SSSR count). The van der Waals surface area contributed by atoms with Gasteiger partial charge in [0, 0.05) is 35.0 Å². The molecule has 2 aromatic carbocycles. The highest BCUT2D eigenvalue weighted by Crippen LogP contribution is 2.18. The second-order valence-electron chi connectivity index (χ2n) is 8.63. The van der Waals surface area contributed by atoms with Crippen LogP contribution in [0.1, 0.15) is 49.2 Å². The highest BCUT2D eigenvalue weighted by atomic mass is 79.9. The van der Waals surface area contributed by atoms with E-state index in [0.717, 1.165) is 35.7 Å². The predicted octanol–water partition coefficient (Wildman–Crippen LogP) is 5.33. The summed E-state index contributed by atoms with van der Waals surface area (Å²) in [6, 6.07) is 15.4. The summed E-state index contributed by atoms with van der Waals surface area (Å²) in [5.74, 6) is -0.741. The molecule has 7 heteroatoms. The van der Waals surface area contributed by atoms with Crippen molar-refractivity contribution in [3.05, 3.63) is 65.2 Å². The van der Waals surface area contributed by atoms with Crippen molar-refractivity contribution in [1.82, 2.24) is 5.32 Å². The zero-order chi connectivity index (χ0) is 23.7. The van der Waals surface area contributed by atoms with Crippen molar-refractivity contribution >= 4 is 49.4 Å². The number of hydrogen-bond acceptors (Lipinski definition) is 4. The monoisotopic (exact) mass is 566 g/mol. The van der Waals surface area contributed by atoms with Gasteiger partial charge in [-0.1, -0.05) is 56.1 Å². The summed E-state index contributed by atoms with van der Waals surface area (Å²) in [5, 5.41) is 4.56. The van der Waals surface area contributed by atoms with Gasteiger partial charge in [-0.2, -0.15) is 0 Å². The van der Waals surface area contributed by atoms with Gasteiger partial charge in [-0.05, 0) is 69.5 Å². The second kappa shape index (κ2) is 12.4. The molecule has 0 radical (unpaired) electrons. The molecule has 0 spiro atoms. The van der Waals surface area contributed by atoms with E-state index in [1.807, 2.05) is 12.1 Å². The summed E-state index contributed by atoms with van der Waals surface area (Å²) in [7, 11) is 0. The van der Waals surface area contributed by atoms with Crippen LogP contribution in [0, 0.1) is 0 Å². The molecule has 1 atom stereocenters. The number of rotatable bonds is 10. The van der Waals surface area contributed by atoms with Crippen LogP contribution in [0.4, 0.5) is 5.69 Å². The highest BCUT2D eigenvalue weighted by molar-refractivity contribution is 9.09. The number of alkyl halides is 2. The van der Waals surface area contributed by atoms with Gasteiger partial charge in [0.2, 0.25) is 0 Å². The van der Waals surface area contributed by atoms with Crippen LogP contribution < -0.4 is 10.2 Å². The van der Waals surface area contributed by atoms with Gasteiger partial charge in [0.25, 0.3) is 5.91 Å². The Morgan fingerprint density at radius 2 is 1.44 bits per heavy atom. The quantitative estimate of drug-likeness (QED) is 0.311. The first-order chi connectivity index (χ1) is 15.1. The van der Waals surface area contributed by atoms with Gasteiger partial charge < -0.3 is 15.0 Å². The van der Waals surface area contributed by atoms with Gasteiger partial charge in [0.05, 0.1) is 0 Å². The minimum Gasteiger partial charge on any atom is -0.458 e. The van der Waals surface area contributed by atoms with Crippen LogP contribution in [-0.4, -0.2) is 47.3 Å². The fourth-order valence-electron chi connectivity index (χ4n) is 3.14. The average Bonchev–Trinajstić information content (AvgIpc) is 2.73. The van der Waals surface area contributed by atoms with Gasteiger partial charge >= 0.3 is 5.97 Å². The molecule has 0 fully saturated rings. The van der Waals surface area contributed by atoms with E-state index in [4.69, 9.17) is 4.74 Å². The fraction of sp³-hybridized carbons (Fsp3) is 0.440. The van der Waals surface area contributed by atoms with Gasteiger partial charge in [0.15, 0.2) is 0 Å². The van der Waals surface area contributed by atoms with E-state index in [1.165, 1.54) is 11.3 Å². The average molecular weight is 568 g/mol. The third-order valence-electron chi connectivity index (χ3n) is 4.74. The number of carbonyl (C=O) groups excluding carboxylic acids is 2. The van der Waals surface area contributed by atoms with E-state index in [2.05, 4.69) is 66.3 Å². The summed E-state index contributed by atoms with van der Waals surface area (Å²) in [5.41, 5.74) is 3.46. The molecule has 0 aliphatic rings. The largest absolute Gasteiger partial charge is 0.458 e. The van der Waals surface area contributed by atoms with Crippen molar-refractivity contribution in [2.75, 3.05) is 28.6 Å². The maximum atomic E-state index is 12.5. The maximum absolute atomic E-state index is 12.5. The van der Waals surface area contributed by atoms with E-state index in [-0.39, 0.29) is 5.91 Å². The predicted molar refractivity (Wildman–Crippen MR) is 138 cm³/mol. The van der Waals surface area contributed by atoms with Crippen molar-refractivity contribution in [3.63, 3.8) is 0 Å². The van der Waals surface area contributed by atoms with Crippen LogP contribution in [0.25, 0.3) is 0 Å². The molecule has 2 aromatic rings. The Balaban J connectivity index is 1.96. The third-order valence-corrected chi connectivity index (χ3v) is 5.45. The smallest absolute Gasteiger partial charge is 0.328 e. The summed E-state index contributed by atoms with van der Waals surface area (Å²) in [6.45, 7) is 8.94. The number of nitrogens with zero attached hydrogens (tertiary/aromatic N) is 1. The summed E-state index contributed by atoms with van der Waals surface area (Å²) in [4.78, 5) is 26.9. The van der Waals surface area contributed by atoms with Crippen molar-refractivity contribution in [2.24, 2.45) is 0 Å². The standard InChI is InChI=1S/C25H32Br2N2O3/c1-18(24(31)32-25(2,3)4)28-23(30)21-9-5-19(6-10-21)17-20-7-11-22(12-8-20)29(15-13-26)16-14-27/h5-12,18H,13-17H2,1-4H3,(H,28,30)/t18-/m0/s1. The van der Waals surface area contributed by atoms with Crippen molar-refractivity contribution in [3.8, 4) is 0 Å². The van der Waals surface area contributed by atoms with Gasteiger partial charge in [-0.25, -0.2) is 4.79 Å². The normalized spacial score (nSPS) is 12.2. The van der Waals surface area contributed by atoms with E-state index in [0.29, 0.717) is 5.56 Å². The van der Waals surface area contributed by atoms with E-state index < -0.39 is 17.6 Å². The van der Waals surface area contributed by atoms with Crippen molar-refractivity contribution in [1.29, 1.82) is 0 Å². The minimum absolute atomic E-state index is 0.294. The maximum Gasteiger partial charge on any atom is 0.328 e. The minimum atomic E-state index is -0.714. The van der Waals surface area contributed by atoms with Crippen LogP contribution in [0.15, 0.2) is 48.5 Å². The summed E-state index contributed by atoms with van der Waals surface area (Å²) >= 11 is 7.03. The molecule has 0 aliphatic carbocycles. The molecule has 32 heavy (non-hydrogen) atoms. The fourth-order valence-corrected chi connectivity index (χ4v) is 3.99. The molecule has 0 heterocycles. The van der Waals surface area contributed by atoms with Crippen LogP contribution in [0.3, 0.4) is 0 Å². The number of esters is 1. The Hall–Kier alpha value is -1.86. The second-order valence-corrected chi connectivity index (χ2v) is 10.2. The Labute approximate surface area is 208 Å². The first-order valence-corrected chi connectivity index (χ1v) is 13.0. The molecular weight excluding hydrogens is 536 g/mol. The molecule has 0 bridgehead atoms. The topological polar surface area (TPSA) is 58.6 Å². The number of hydrogen-bond donors (Lipinski definition) is 1. The Bertz CT molecular complexity index is 872. The molecule has 0 unspecified atom stereocenters. The van der Waals surface area contributed by atoms with Crippen molar-refractivity contribution < 1.29 is 14.3 Å². The van der Waals surface area contributed by atoms with Gasteiger partial charge in [-0.3, -0.25) is 4.79 Å². The number of amides is 1. The molecular formula is C25H32Br2N2O3. The zero-order valence-corrected chi connectivity index (χ0v) is 22.3. The number of ether oxygens (including phenoxy) is 1. The van der Waals surface area contributed by atoms with E-state index in [1.54, 1.807) is 39.8 Å². The van der Waals surface area contributed by atoms with Crippen LogP contribution in [-0.2, 0) is 16.0 Å². The van der Waals surface area contributed by atoms with Crippen LogP contribution >= 0.6 is 31.9 Å². The van der Waals surface area contributed by atoms with Crippen LogP contribution in [0.2, 0.25) is 0 Å². The number of nitrogens with one attached hydrogen (secondary N) is 1. The zero-order valence-electron chi connectivity index (χ0n) is 19.2. The lowest BCUT2D eigenvalue weighted by molar-refractivity contribution is -0.156. The summed E-state index contributed by atoms with van der Waals surface area (Å²) < 4.78 is 5.31. The molecule has 0 saturated heterocycles. The van der Waals surface area contributed by atoms with E-state index >= 15 is 0 Å². The van der Waals surface area contributed by atoms with Gasteiger partial charge in [0.1, 0.15) is 11.6 Å². The SMILES string of the molecule is C[C@H](NC(=O)c1ccc(Cc2ccc(N(CCBr)CCBr)cc2)cc1)C(=O)OC(C)(C)C. The molecule has 174 valence electrons. The number of anilines is 1. The van der Waals surface area contributed by atoms with Gasteiger partial charge in [-0.15, -0.1) is 0 Å². The number of halogens is 2. The molecule has 0 aliphatic heterocycles. The van der Waals surface area contributed by atoms with E-state index in [9.17, 15) is 9.59 Å². The first-order valence-electron chi connectivity index (χ1n) is 10.7. The number of carbonyl (C=O) groups is 2. The molecule has 1 N–H and O–H groups in total. The van der Waals surface area contributed by atoms with Crippen LogP contribution in [0.5, 0.6) is 0 Å². The first kappa shape index (κ1) is 26.4. The summed E-state index contributed by atoms with van der Waals surface area (Å²) in [6.07, 6.45) is 0.785. The highest BCUT2D eigenvalue weighted by Gasteiger charge is 2.23. The lowest BCUT2D eigenvalue weighted by Crippen LogP contribution is -2.42. The molecule has 1 amide bonds. The number of benzene rings is 2.